The molecule has 0 aromatic carbocycles. The van der Waals surface area contributed by atoms with Gasteiger partial charge < -0.3 is 31.9 Å². The lowest BCUT2D eigenvalue weighted by Crippen LogP contribution is -2.57. The Hall–Kier alpha value is -2.34. The molecule has 0 rings (SSSR count). The van der Waals surface area contributed by atoms with Crippen LogP contribution >= 0.6 is 11.8 Å². The van der Waals surface area contributed by atoms with Crippen LogP contribution in [-0.4, -0.2) is 76.0 Å². The van der Waals surface area contributed by atoms with Crippen molar-refractivity contribution in [3.05, 3.63) is 0 Å². The van der Waals surface area contributed by atoms with Crippen molar-refractivity contribution < 1.29 is 34.2 Å². The normalized spacial score (nSPS) is 14.8. The Labute approximate surface area is 186 Å². The monoisotopic (exact) mass is 462 g/mol. The summed E-state index contributed by atoms with van der Waals surface area (Å²) < 4.78 is 0. The first kappa shape index (κ1) is 28.7. The van der Waals surface area contributed by atoms with Crippen molar-refractivity contribution in [3.63, 3.8) is 0 Å². The molecule has 0 aromatic rings. The van der Waals surface area contributed by atoms with Crippen LogP contribution in [0, 0.1) is 5.92 Å². The van der Waals surface area contributed by atoms with Crippen LogP contribution in [0.4, 0.5) is 0 Å². The van der Waals surface area contributed by atoms with Crippen molar-refractivity contribution >= 4 is 41.4 Å². The third-order valence-corrected chi connectivity index (χ3v) is 4.96. The average Bonchev–Trinajstić information content (AvgIpc) is 2.67. The minimum absolute atomic E-state index is 0.0277. The standard InChI is InChI=1S/C19H34N4O7S/c1-10(2)9-14(18(28)21-11(3)19(29)30)23-17(27)13(7-8-31-4)22-16(26)12(20)5-6-15(24)25/h10-14H,5-9,20H2,1-4H3,(H,21,28)(H,22,26)(H,23,27)(H,24,25)(H,29,30). The molecule has 0 fully saturated rings. The average molecular weight is 463 g/mol. The Morgan fingerprint density at radius 2 is 1.42 bits per heavy atom. The third-order valence-electron chi connectivity index (χ3n) is 4.32. The molecule has 11 nitrogen and oxygen atoms in total. The van der Waals surface area contributed by atoms with Gasteiger partial charge in [-0.15, -0.1) is 0 Å². The maximum absolute atomic E-state index is 12.8. The van der Waals surface area contributed by atoms with Crippen molar-refractivity contribution in [2.45, 2.75) is 70.6 Å². The number of hydrogen-bond acceptors (Lipinski definition) is 7. The Morgan fingerprint density at radius 3 is 1.90 bits per heavy atom. The largest absolute Gasteiger partial charge is 0.481 e. The van der Waals surface area contributed by atoms with E-state index in [1.54, 1.807) is 0 Å². The summed E-state index contributed by atoms with van der Waals surface area (Å²) >= 11 is 1.46. The van der Waals surface area contributed by atoms with Gasteiger partial charge in [0.15, 0.2) is 0 Å². The number of rotatable bonds is 15. The fourth-order valence-corrected chi connectivity index (χ4v) is 3.02. The molecule has 0 spiro atoms. The van der Waals surface area contributed by atoms with Crippen LogP contribution in [0.5, 0.6) is 0 Å². The molecule has 4 unspecified atom stereocenters. The van der Waals surface area contributed by atoms with Gasteiger partial charge in [-0.2, -0.15) is 11.8 Å². The van der Waals surface area contributed by atoms with Gasteiger partial charge in [-0.05, 0) is 44.1 Å². The molecule has 0 heterocycles. The fraction of sp³-hybridized carbons (Fsp3) is 0.737. The van der Waals surface area contributed by atoms with Crippen LogP contribution in [0.25, 0.3) is 0 Å². The Kier molecular flexibility index (Phi) is 13.5. The number of nitrogens with two attached hydrogens (primary N) is 1. The summed E-state index contributed by atoms with van der Waals surface area (Å²) in [5.74, 6) is -3.62. The zero-order valence-electron chi connectivity index (χ0n) is 18.3. The first-order valence-electron chi connectivity index (χ1n) is 9.99. The molecule has 7 N–H and O–H groups in total. The SMILES string of the molecule is CSCCC(NC(=O)C(N)CCC(=O)O)C(=O)NC(CC(C)C)C(=O)NC(C)C(=O)O. The van der Waals surface area contributed by atoms with Gasteiger partial charge in [-0.3, -0.25) is 24.0 Å². The summed E-state index contributed by atoms with van der Waals surface area (Å²) in [5.41, 5.74) is 5.71. The number of nitrogens with one attached hydrogen (secondary N) is 3. The van der Waals surface area contributed by atoms with Crippen LogP contribution in [0.3, 0.4) is 0 Å². The highest BCUT2D eigenvalue weighted by molar-refractivity contribution is 7.98. The predicted molar refractivity (Wildman–Crippen MR) is 116 cm³/mol. The zero-order chi connectivity index (χ0) is 24.1. The molecule has 3 amide bonds. The predicted octanol–water partition coefficient (Wildman–Crippen LogP) is -0.463. The molecule has 0 aliphatic carbocycles. The molecule has 31 heavy (non-hydrogen) atoms. The van der Waals surface area contributed by atoms with E-state index in [0.717, 1.165) is 0 Å². The molecule has 178 valence electrons. The molecular weight excluding hydrogens is 428 g/mol. The van der Waals surface area contributed by atoms with Crippen molar-refractivity contribution in [2.75, 3.05) is 12.0 Å². The summed E-state index contributed by atoms with van der Waals surface area (Å²) in [6, 6.07) is -4.18. The molecule has 0 saturated carbocycles. The third kappa shape index (κ3) is 12.2. The van der Waals surface area contributed by atoms with E-state index in [9.17, 15) is 24.0 Å². The van der Waals surface area contributed by atoms with E-state index in [4.69, 9.17) is 15.9 Å². The molecule has 12 heteroatoms. The number of carbonyl (C=O) groups is 5. The second-order valence-corrected chi connectivity index (χ2v) is 8.63. The molecule has 0 aromatic heterocycles. The number of thioether (sulfide) groups is 1. The molecule has 0 radical (unpaired) electrons. The number of aliphatic carboxylic acids is 2. The summed E-state index contributed by atoms with van der Waals surface area (Å²) in [6.45, 7) is 5.01. The lowest BCUT2D eigenvalue weighted by molar-refractivity contribution is -0.142. The Balaban J connectivity index is 5.27. The van der Waals surface area contributed by atoms with Gasteiger partial charge in [0.05, 0.1) is 6.04 Å². The van der Waals surface area contributed by atoms with Gasteiger partial charge >= 0.3 is 11.9 Å². The van der Waals surface area contributed by atoms with Crippen LogP contribution in [-0.2, 0) is 24.0 Å². The van der Waals surface area contributed by atoms with Gasteiger partial charge in [0.1, 0.15) is 18.1 Å². The highest BCUT2D eigenvalue weighted by Crippen LogP contribution is 2.08. The molecule has 0 aliphatic rings. The van der Waals surface area contributed by atoms with E-state index >= 15 is 0 Å². The lowest BCUT2D eigenvalue weighted by atomic mass is 10.0. The van der Waals surface area contributed by atoms with E-state index in [-0.39, 0.29) is 31.6 Å². The molecule has 0 aliphatic heterocycles. The van der Waals surface area contributed by atoms with E-state index in [1.165, 1.54) is 18.7 Å². The highest BCUT2D eigenvalue weighted by Gasteiger charge is 2.29. The maximum atomic E-state index is 12.8. The minimum atomic E-state index is -1.21. The molecular formula is C19H34N4O7S. The van der Waals surface area contributed by atoms with Gasteiger partial charge in [0.25, 0.3) is 0 Å². The minimum Gasteiger partial charge on any atom is -0.481 e. The van der Waals surface area contributed by atoms with Crippen LogP contribution in [0.15, 0.2) is 0 Å². The van der Waals surface area contributed by atoms with Gasteiger partial charge in [0.2, 0.25) is 17.7 Å². The quantitative estimate of drug-likeness (QED) is 0.187. The lowest BCUT2D eigenvalue weighted by Gasteiger charge is -2.25. The number of carbonyl (C=O) groups excluding carboxylic acids is 3. The van der Waals surface area contributed by atoms with Gasteiger partial charge in [0, 0.05) is 6.42 Å². The smallest absolute Gasteiger partial charge is 0.325 e. The maximum Gasteiger partial charge on any atom is 0.325 e. The second-order valence-electron chi connectivity index (χ2n) is 7.64. The van der Waals surface area contributed by atoms with E-state index in [2.05, 4.69) is 16.0 Å². The highest BCUT2D eigenvalue weighted by atomic mass is 32.2. The fourth-order valence-electron chi connectivity index (χ4n) is 2.54. The second kappa shape index (κ2) is 14.6. The van der Waals surface area contributed by atoms with Crippen LogP contribution in [0.2, 0.25) is 0 Å². The summed E-state index contributed by atoms with van der Waals surface area (Å²) in [6.07, 6.45) is 2.01. The van der Waals surface area contributed by atoms with Crippen molar-refractivity contribution in [1.29, 1.82) is 0 Å². The van der Waals surface area contributed by atoms with Crippen LogP contribution in [0.1, 0.15) is 46.5 Å². The van der Waals surface area contributed by atoms with Crippen molar-refractivity contribution in [3.8, 4) is 0 Å². The summed E-state index contributed by atoms with van der Waals surface area (Å²) in [7, 11) is 0. The molecule has 0 bridgehead atoms. The van der Waals surface area contributed by atoms with Crippen LogP contribution < -0.4 is 21.7 Å². The summed E-state index contributed by atoms with van der Waals surface area (Å²) in [4.78, 5) is 59.3. The van der Waals surface area contributed by atoms with E-state index in [1.807, 2.05) is 20.1 Å². The number of carboxylic acid groups (broad SMARTS) is 2. The Bertz CT molecular complexity index is 645. The van der Waals surface area contributed by atoms with Gasteiger partial charge in [-0.1, -0.05) is 13.8 Å². The van der Waals surface area contributed by atoms with Gasteiger partial charge in [-0.25, -0.2) is 0 Å². The Morgan fingerprint density at radius 1 is 0.871 bits per heavy atom. The van der Waals surface area contributed by atoms with E-state index < -0.39 is 53.8 Å². The number of amides is 3. The molecule has 0 saturated heterocycles. The zero-order valence-corrected chi connectivity index (χ0v) is 19.2. The topological polar surface area (TPSA) is 188 Å². The van der Waals surface area contributed by atoms with E-state index in [0.29, 0.717) is 5.75 Å². The van der Waals surface area contributed by atoms with Crippen molar-refractivity contribution in [1.82, 2.24) is 16.0 Å². The number of carboxylic acids is 2. The first-order valence-corrected chi connectivity index (χ1v) is 11.4. The first-order chi connectivity index (χ1) is 14.4. The van der Waals surface area contributed by atoms with Crippen molar-refractivity contribution in [2.24, 2.45) is 11.7 Å². The summed E-state index contributed by atoms with van der Waals surface area (Å²) in [5, 5.41) is 25.2. The molecule has 4 atom stereocenters. The number of hydrogen-bond donors (Lipinski definition) is 6.